The SMILES string of the molecule is N#CC1CC=C(Cn2cc(C(=O)N[C@H]3CCCC[C@@H]3O)c3nccc(Cl)c32)C=N1. The summed E-state index contributed by atoms with van der Waals surface area (Å²) < 4.78 is 1.89. The van der Waals surface area contributed by atoms with Gasteiger partial charge in [-0.3, -0.25) is 14.8 Å². The smallest absolute Gasteiger partial charge is 0.255 e. The van der Waals surface area contributed by atoms with Crippen molar-refractivity contribution in [3.8, 4) is 6.07 Å². The number of hydrogen-bond acceptors (Lipinski definition) is 5. The molecule has 0 saturated heterocycles. The van der Waals surface area contributed by atoms with Crippen LogP contribution in [0.3, 0.4) is 0 Å². The molecule has 1 unspecified atom stereocenters. The molecule has 3 heterocycles. The van der Waals surface area contributed by atoms with E-state index in [1.165, 1.54) is 0 Å². The van der Waals surface area contributed by atoms with Gasteiger partial charge in [0, 0.05) is 31.6 Å². The third-order valence-corrected chi connectivity index (χ3v) is 5.82. The van der Waals surface area contributed by atoms with Gasteiger partial charge in [0.15, 0.2) is 0 Å². The lowest BCUT2D eigenvalue weighted by Gasteiger charge is -2.28. The number of carbonyl (C=O) groups is 1. The summed E-state index contributed by atoms with van der Waals surface area (Å²) in [7, 11) is 0. The third kappa shape index (κ3) is 4.04. The molecular formula is C21H22ClN5O2. The van der Waals surface area contributed by atoms with Gasteiger partial charge in [-0.2, -0.15) is 5.26 Å². The number of dihydropyridines is 1. The number of amides is 1. The molecule has 0 aromatic carbocycles. The summed E-state index contributed by atoms with van der Waals surface area (Å²) in [6.45, 7) is 0.475. The van der Waals surface area contributed by atoms with E-state index >= 15 is 0 Å². The molecule has 1 aliphatic heterocycles. The number of allylic oxidation sites excluding steroid dienone is 1. The zero-order chi connectivity index (χ0) is 20.4. The maximum absolute atomic E-state index is 13.0. The van der Waals surface area contributed by atoms with Crippen LogP contribution in [-0.2, 0) is 6.54 Å². The molecule has 2 N–H and O–H groups in total. The Bertz CT molecular complexity index is 1040. The number of halogens is 1. The lowest BCUT2D eigenvalue weighted by molar-refractivity contribution is 0.0718. The molecule has 3 atom stereocenters. The van der Waals surface area contributed by atoms with E-state index in [0.717, 1.165) is 24.8 Å². The number of nitrogens with one attached hydrogen (secondary N) is 1. The number of aliphatic hydroxyl groups excluding tert-OH is 1. The summed E-state index contributed by atoms with van der Waals surface area (Å²) in [5.41, 5.74) is 2.59. The van der Waals surface area contributed by atoms with Crippen molar-refractivity contribution in [1.82, 2.24) is 14.9 Å². The summed E-state index contributed by atoms with van der Waals surface area (Å²) in [5, 5.41) is 22.6. The molecule has 2 aromatic rings. The number of nitriles is 1. The van der Waals surface area contributed by atoms with Crippen LogP contribution in [-0.4, -0.2) is 45.0 Å². The number of rotatable bonds is 4. The monoisotopic (exact) mass is 411 g/mol. The van der Waals surface area contributed by atoms with Crippen molar-refractivity contribution in [2.24, 2.45) is 4.99 Å². The molecule has 1 fully saturated rings. The van der Waals surface area contributed by atoms with Crippen LogP contribution in [0, 0.1) is 11.3 Å². The molecule has 8 heteroatoms. The molecule has 0 radical (unpaired) electrons. The van der Waals surface area contributed by atoms with Gasteiger partial charge in [0.05, 0.1) is 34.3 Å². The van der Waals surface area contributed by atoms with Crippen LogP contribution in [0.25, 0.3) is 11.0 Å². The Balaban J connectivity index is 1.63. The van der Waals surface area contributed by atoms with Crippen molar-refractivity contribution in [3.05, 3.63) is 40.7 Å². The summed E-state index contributed by atoms with van der Waals surface area (Å²) in [6.07, 6.45) is 10.5. The van der Waals surface area contributed by atoms with Crippen LogP contribution in [0.15, 0.2) is 35.1 Å². The van der Waals surface area contributed by atoms with Gasteiger partial charge in [0.2, 0.25) is 0 Å². The van der Waals surface area contributed by atoms with E-state index in [-0.39, 0.29) is 18.0 Å². The van der Waals surface area contributed by atoms with Gasteiger partial charge in [-0.1, -0.05) is 30.5 Å². The molecule has 1 saturated carbocycles. The fourth-order valence-electron chi connectivity index (χ4n) is 3.95. The number of aliphatic hydroxyl groups is 1. The van der Waals surface area contributed by atoms with Crippen LogP contribution in [0.4, 0.5) is 0 Å². The van der Waals surface area contributed by atoms with Crippen LogP contribution >= 0.6 is 11.6 Å². The third-order valence-electron chi connectivity index (χ3n) is 5.52. The zero-order valence-electron chi connectivity index (χ0n) is 15.9. The predicted octanol–water partition coefficient (Wildman–Crippen LogP) is 3.02. The van der Waals surface area contributed by atoms with Gasteiger partial charge < -0.3 is 15.0 Å². The number of carbonyl (C=O) groups excluding carboxylic acids is 1. The van der Waals surface area contributed by atoms with Crippen molar-refractivity contribution in [3.63, 3.8) is 0 Å². The predicted molar refractivity (Wildman–Crippen MR) is 111 cm³/mol. The van der Waals surface area contributed by atoms with E-state index < -0.39 is 6.10 Å². The van der Waals surface area contributed by atoms with E-state index in [1.54, 1.807) is 24.7 Å². The second-order valence-corrected chi connectivity index (χ2v) is 7.94. The first-order valence-electron chi connectivity index (χ1n) is 9.81. The Morgan fingerprint density at radius 3 is 2.97 bits per heavy atom. The summed E-state index contributed by atoms with van der Waals surface area (Å²) in [4.78, 5) is 21.6. The van der Waals surface area contributed by atoms with Crippen molar-refractivity contribution < 1.29 is 9.90 Å². The normalized spacial score (nSPS) is 24.2. The Hall–Kier alpha value is -2.69. The number of pyridine rings is 1. The average Bonchev–Trinajstić information content (AvgIpc) is 3.10. The number of aliphatic imine (C=N–C) groups is 1. The highest BCUT2D eigenvalue weighted by atomic mass is 35.5. The van der Waals surface area contributed by atoms with Gasteiger partial charge in [-0.15, -0.1) is 0 Å². The molecule has 2 aromatic heterocycles. The minimum Gasteiger partial charge on any atom is -0.391 e. The Morgan fingerprint density at radius 1 is 1.41 bits per heavy atom. The molecule has 1 aliphatic carbocycles. The Labute approximate surface area is 173 Å². The molecule has 150 valence electrons. The lowest BCUT2D eigenvalue weighted by Crippen LogP contribution is -2.45. The maximum Gasteiger partial charge on any atom is 0.255 e. The first-order chi connectivity index (χ1) is 14.1. The fraction of sp³-hybridized carbons (Fsp3) is 0.429. The molecule has 7 nitrogen and oxygen atoms in total. The van der Waals surface area contributed by atoms with E-state index in [0.29, 0.717) is 41.0 Å². The largest absolute Gasteiger partial charge is 0.391 e. The quantitative estimate of drug-likeness (QED) is 0.806. The molecule has 0 bridgehead atoms. The number of hydrogen-bond donors (Lipinski definition) is 2. The van der Waals surface area contributed by atoms with Crippen LogP contribution < -0.4 is 5.32 Å². The first-order valence-corrected chi connectivity index (χ1v) is 10.2. The minimum atomic E-state index is -0.519. The Kier molecular flexibility index (Phi) is 5.65. The summed E-state index contributed by atoms with van der Waals surface area (Å²) >= 11 is 6.43. The highest BCUT2D eigenvalue weighted by molar-refractivity contribution is 6.35. The summed E-state index contributed by atoms with van der Waals surface area (Å²) in [5.74, 6) is -0.259. The fourth-order valence-corrected chi connectivity index (χ4v) is 4.20. The van der Waals surface area contributed by atoms with E-state index in [1.807, 2.05) is 10.6 Å². The van der Waals surface area contributed by atoms with E-state index in [2.05, 4.69) is 21.4 Å². The number of nitrogens with zero attached hydrogens (tertiary/aromatic N) is 4. The van der Waals surface area contributed by atoms with E-state index in [9.17, 15) is 9.90 Å². The molecule has 0 spiro atoms. The van der Waals surface area contributed by atoms with Crippen molar-refractivity contribution >= 4 is 34.8 Å². The molecular weight excluding hydrogens is 390 g/mol. The van der Waals surface area contributed by atoms with E-state index in [4.69, 9.17) is 16.9 Å². The van der Waals surface area contributed by atoms with Gasteiger partial charge in [0.1, 0.15) is 11.6 Å². The van der Waals surface area contributed by atoms with Crippen LogP contribution in [0.1, 0.15) is 42.5 Å². The first kappa shape index (κ1) is 19.6. The number of aromatic nitrogens is 2. The average molecular weight is 412 g/mol. The zero-order valence-corrected chi connectivity index (χ0v) is 16.6. The van der Waals surface area contributed by atoms with Crippen molar-refractivity contribution in [1.29, 1.82) is 5.26 Å². The topological polar surface area (TPSA) is 103 Å². The second kappa shape index (κ2) is 8.36. The van der Waals surface area contributed by atoms with Gasteiger partial charge in [-0.25, -0.2) is 0 Å². The van der Waals surface area contributed by atoms with Crippen molar-refractivity contribution in [2.45, 2.75) is 56.8 Å². The van der Waals surface area contributed by atoms with Crippen LogP contribution in [0.5, 0.6) is 0 Å². The van der Waals surface area contributed by atoms with Gasteiger partial charge in [-0.05, 0) is 24.5 Å². The molecule has 2 aliphatic rings. The molecule has 29 heavy (non-hydrogen) atoms. The molecule has 1 amide bonds. The van der Waals surface area contributed by atoms with Gasteiger partial charge >= 0.3 is 0 Å². The standard InChI is InChI=1S/C21H22ClN5O2/c22-16-7-8-24-19-15(21(29)26-17-3-1-2-4-18(17)28)12-27(20(16)19)11-13-5-6-14(9-23)25-10-13/h5,7-8,10,12,14,17-18,28H,1-4,6,11H2,(H,26,29)/t14?,17-,18-/m0/s1. The van der Waals surface area contributed by atoms with Crippen molar-refractivity contribution in [2.75, 3.05) is 0 Å². The van der Waals surface area contributed by atoms with Crippen LogP contribution in [0.2, 0.25) is 5.02 Å². The summed E-state index contributed by atoms with van der Waals surface area (Å²) in [6, 6.07) is 3.25. The van der Waals surface area contributed by atoms with Gasteiger partial charge in [0.25, 0.3) is 5.91 Å². The Morgan fingerprint density at radius 2 is 2.24 bits per heavy atom. The maximum atomic E-state index is 13.0. The second-order valence-electron chi connectivity index (χ2n) is 7.53. The highest BCUT2D eigenvalue weighted by Crippen LogP contribution is 2.28. The lowest BCUT2D eigenvalue weighted by atomic mass is 9.92. The number of fused-ring (bicyclic) bond motifs is 1. The highest BCUT2D eigenvalue weighted by Gasteiger charge is 2.27. The minimum absolute atomic E-state index is 0.245. The molecule has 4 rings (SSSR count).